The summed E-state index contributed by atoms with van der Waals surface area (Å²) < 4.78 is 0. The third-order valence-corrected chi connectivity index (χ3v) is 6.57. The molecule has 2 aromatic carbocycles. The van der Waals surface area contributed by atoms with Gasteiger partial charge in [0.1, 0.15) is 0 Å². The van der Waals surface area contributed by atoms with Crippen LogP contribution in [-0.2, 0) is 16.8 Å². The number of hydrogen-bond acceptors (Lipinski definition) is 4. The van der Waals surface area contributed by atoms with Gasteiger partial charge in [0.2, 0.25) is 0 Å². The number of rotatable bonds is 10. The SMILES string of the molecule is C[C@@](N[C-]=N)(c1cc(-c2cccc(C#N)c2)cs1)C([C-]=O)CCCc1ccccc1.[CH3-].[Li+]. The standard InChI is InChI=1S/C25H23N3OS.CH3.Li/c1-25(28-18-27,23(16-29)12-6-9-19-7-3-2-4-8-19)24-14-22(17-30-24)21-11-5-10-20(13-21)15-26;;/h2-5,7-8,10-11,13-14,17,23H,6,9,12H2,1H3,(H2,27,28);1H3;/q-2;-1;+1/t23?,25-;;/m0../s1. The maximum absolute atomic E-state index is 11.9. The molecule has 0 aliphatic heterocycles. The molecular weight excluding hydrogens is 409 g/mol. The maximum atomic E-state index is 11.9. The average Bonchev–Trinajstić information content (AvgIpc) is 3.29. The molecule has 0 aliphatic carbocycles. The first-order valence-electron chi connectivity index (χ1n) is 9.80. The number of aryl methyl sites for hydroxylation is 1. The summed E-state index contributed by atoms with van der Waals surface area (Å²) in [6.07, 6.45) is 6.88. The summed E-state index contributed by atoms with van der Waals surface area (Å²) in [7, 11) is 0. The Morgan fingerprint density at radius 2 is 1.91 bits per heavy atom. The van der Waals surface area contributed by atoms with Crippen molar-refractivity contribution in [2.45, 2.75) is 31.7 Å². The predicted molar refractivity (Wildman–Crippen MR) is 128 cm³/mol. The van der Waals surface area contributed by atoms with E-state index in [1.54, 1.807) is 6.07 Å². The van der Waals surface area contributed by atoms with Crippen molar-refractivity contribution in [1.82, 2.24) is 5.32 Å². The van der Waals surface area contributed by atoms with Gasteiger partial charge in [-0.1, -0.05) is 55.3 Å². The van der Waals surface area contributed by atoms with Crippen LogP contribution in [0, 0.1) is 30.1 Å². The Morgan fingerprint density at radius 3 is 2.56 bits per heavy atom. The van der Waals surface area contributed by atoms with E-state index in [2.05, 4.69) is 36.1 Å². The van der Waals surface area contributed by atoms with Gasteiger partial charge >= 0.3 is 18.9 Å². The Balaban J connectivity index is 0.00000256. The first-order chi connectivity index (χ1) is 14.6. The fraction of sp³-hybridized carbons (Fsp3) is 0.231. The van der Waals surface area contributed by atoms with Crippen LogP contribution >= 0.6 is 11.3 Å². The molecule has 6 heteroatoms. The molecule has 0 amide bonds. The topological polar surface area (TPSA) is 76.7 Å². The molecule has 160 valence electrons. The van der Waals surface area contributed by atoms with Crippen LogP contribution in [0.5, 0.6) is 0 Å². The Hall–Kier alpha value is -2.63. The first-order valence-corrected chi connectivity index (χ1v) is 10.7. The van der Waals surface area contributed by atoms with E-state index in [-0.39, 0.29) is 26.3 Å². The quantitative estimate of drug-likeness (QED) is 0.169. The van der Waals surface area contributed by atoms with Gasteiger partial charge in [-0.25, -0.2) is 0 Å². The van der Waals surface area contributed by atoms with Crippen molar-refractivity contribution in [2.75, 3.05) is 0 Å². The van der Waals surface area contributed by atoms with Gasteiger partial charge in [0, 0.05) is 10.4 Å². The van der Waals surface area contributed by atoms with Crippen molar-refractivity contribution in [3.05, 3.63) is 89.5 Å². The zero-order valence-corrected chi connectivity index (χ0v) is 19.6. The van der Waals surface area contributed by atoms with Gasteiger partial charge in [-0.3, -0.25) is 6.29 Å². The molecule has 2 atom stereocenters. The number of carbonyl (C=O) groups excluding carboxylic acids is 1. The minimum atomic E-state index is -0.768. The molecule has 1 unspecified atom stereocenters. The van der Waals surface area contributed by atoms with Gasteiger partial charge in [0.05, 0.1) is 11.6 Å². The monoisotopic (exact) mass is 435 g/mol. The van der Waals surface area contributed by atoms with Gasteiger partial charge in [0.15, 0.2) is 0 Å². The number of nitrogens with zero attached hydrogens (tertiary/aromatic N) is 1. The zero-order chi connectivity index (χ0) is 21.4. The summed E-state index contributed by atoms with van der Waals surface area (Å²) in [5, 5.41) is 21.6. The van der Waals surface area contributed by atoms with Gasteiger partial charge in [0.25, 0.3) is 0 Å². The van der Waals surface area contributed by atoms with Crippen LogP contribution in [0.25, 0.3) is 11.1 Å². The molecule has 0 saturated heterocycles. The summed E-state index contributed by atoms with van der Waals surface area (Å²) in [6.45, 7) is 1.92. The van der Waals surface area contributed by atoms with Crippen molar-refractivity contribution in [3.63, 3.8) is 0 Å². The first kappa shape index (κ1) is 27.4. The van der Waals surface area contributed by atoms with Crippen LogP contribution in [0.1, 0.15) is 35.8 Å². The van der Waals surface area contributed by atoms with Crippen molar-refractivity contribution in [3.8, 4) is 17.2 Å². The van der Waals surface area contributed by atoms with Crippen molar-refractivity contribution < 1.29 is 23.7 Å². The van der Waals surface area contributed by atoms with Crippen LogP contribution in [0.2, 0.25) is 0 Å². The van der Waals surface area contributed by atoms with E-state index in [0.717, 1.165) is 28.8 Å². The van der Waals surface area contributed by atoms with E-state index >= 15 is 0 Å². The molecule has 1 aromatic heterocycles. The van der Waals surface area contributed by atoms with Crippen molar-refractivity contribution in [2.24, 2.45) is 5.92 Å². The van der Waals surface area contributed by atoms with Crippen LogP contribution in [0.3, 0.4) is 0 Å². The fourth-order valence-electron chi connectivity index (χ4n) is 3.60. The second-order valence-electron chi connectivity index (χ2n) is 7.39. The van der Waals surface area contributed by atoms with Gasteiger partial charge < -0.3 is 29.3 Å². The van der Waals surface area contributed by atoms with Crippen molar-refractivity contribution in [1.29, 1.82) is 10.7 Å². The van der Waals surface area contributed by atoms with Gasteiger partial charge in [-0.05, 0) is 53.6 Å². The van der Waals surface area contributed by atoms with Crippen molar-refractivity contribution >= 4 is 24.0 Å². The molecule has 1 heterocycles. The fourth-order valence-corrected chi connectivity index (χ4v) is 4.69. The Labute approximate surface area is 207 Å². The maximum Gasteiger partial charge on any atom is 1.00 e. The third kappa shape index (κ3) is 6.44. The number of hydrogen-bond donors (Lipinski definition) is 2. The summed E-state index contributed by atoms with van der Waals surface area (Å²) in [5.41, 5.74) is 3.02. The minimum absolute atomic E-state index is 0. The zero-order valence-electron chi connectivity index (χ0n) is 18.8. The molecule has 3 rings (SSSR count). The minimum Gasteiger partial charge on any atom is -0.543 e. The largest absolute Gasteiger partial charge is 1.00 e. The molecule has 2 N–H and O–H groups in total. The molecule has 0 aliphatic rings. The molecule has 3 aromatic rings. The summed E-state index contributed by atoms with van der Waals surface area (Å²) in [6, 6.07) is 21.8. The second-order valence-corrected chi connectivity index (χ2v) is 8.30. The molecule has 0 saturated carbocycles. The van der Waals surface area contributed by atoms with Crippen LogP contribution in [-0.4, -0.2) is 12.6 Å². The van der Waals surface area contributed by atoms with Crippen LogP contribution in [0.4, 0.5) is 0 Å². The number of nitrogens with one attached hydrogen (secondary N) is 2. The van der Waals surface area contributed by atoms with Crippen LogP contribution < -0.4 is 24.2 Å². The van der Waals surface area contributed by atoms with Gasteiger partial charge in [-0.15, -0.1) is 17.3 Å². The van der Waals surface area contributed by atoms with E-state index < -0.39 is 11.5 Å². The molecule has 0 spiro atoms. The Morgan fingerprint density at radius 1 is 1.16 bits per heavy atom. The smallest absolute Gasteiger partial charge is 0.543 e. The molecule has 32 heavy (non-hydrogen) atoms. The van der Waals surface area contributed by atoms with E-state index in [0.29, 0.717) is 12.0 Å². The molecular formula is C26H26LiN3OS-2. The molecule has 0 radical (unpaired) electrons. The predicted octanol–water partition coefficient (Wildman–Crippen LogP) is 2.78. The third-order valence-electron chi connectivity index (χ3n) is 5.40. The Kier molecular flexibility index (Phi) is 11.2. The number of nitriles is 1. The summed E-state index contributed by atoms with van der Waals surface area (Å²) in [5.74, 6) is -0.420. The number of thiophene rings is 1. The van der Waals surface area contributed by atoms with E-state index in [9.17, 15) is 4.79 Å². The van der Waals surface area contributed by atoms with Gasteiger partial charge in [-0.2, -0.15) is 5.26 Å². The normalized spacial score (nSPS) is 12.8. The molecule has 0 fully saturated rings. The molecule has 0 bridgehead atoms. The number of benzene rings is 2. The average molecular weight is 436 g/mol. The Bertz CT molecular complexity index is 1040. The summed E-state index contributed by atoms with van der Waals surface area (Å²) >= 11 is 1.53. The van der Waals surface area contributed by atoms with E-state index in [4.69, 9.17) is 10.7 Å². The van der Waals surface area contributed by atoms with Crippen LogP contribution in [0.15, 0.2) is 66.0 Å². The van der Waals surface area contributed by atoms with E-state index in [1.807, 2.05) is 54.8 Å². The summed E-state index contributed by atoms with van der Waals surface area (Å²) in [4.78, 5) is 12.9. The van der Waals surface area contributed by atoms with E-state index in [1.165, 1.54) is 16.9 Å². The second kappa shape index (κ2) is 13.0. The molecule has 4 nitrogen and oxygen atoms in total.